The van der Waals surface area contributed by atoms with Gasteiger partial charge in [0.1, 0.15) is 0 Å². The van der Waals surface area contributed by atoms with Crippen molar-refractivity contribution in [3.05, 3.63) is 0 Å². The van der Waals surface area contributed by atoms with Crippen molar-refractivity contribution in [1.82, 2.24) is 5.32 Å². The summed E-state index contributed by atoms with van der Waals surface area (Å²) in [6.07, 6.45) is -0.950. The molecule has 0 aliphatic rings. The molecule has 0 radical (unpaired) electrons. The number of amides is 1. The van der Waals surface area contributed by atoms with E-state index in [1.807, 2.05) is 0 Å². The summed E-state index contributed by atoms with van der Waals surface area (Å²) in [4.78, 5) is 11.4. The van der Waals surface area contributed by atoms with E-state index in [9.17, 15) is 15.0 Å². The van der Waals surface area contributed by atoms with Crippen LogP contribution in [-0.4, -0.2) is 38.2 Å². The van der Waals surface area contributed by atoms with Crippen LogP contribution in [0.15, 0.2) is 0 Å². The summed E-state index contributed by atoms with van der Waals surface area (Å²) in [5.74, 6) is -1.04. The van der Waals surface area contributed by atoms with Gasteiger partial charge >= 0.3 is 0 Å². The smallest absolute Gasteiger partial charge is 0.272 e. The molecule has 0 aromatic heterocycles. The Morgan fingerprint density at radius 1 is 1.38 bits per heavy atom. The molecule has 4 nitrogen and oxygen atoms in total. The molecule has 0 rings (SSSR count). The summed E-state index contributed by atoms with van der Waals surface area (Å²) in [7, 11) is 0. The van der Waals surface area contributed by atoms with Crippen molar-refractivity contribution in [3.8, 4) is 0 Å². The molecule has 0 heterocycles. The normalized spacial score (nSPS) is 18.1. The average Bonchev–Trinajstić information content (AvgIpc) is 2.14. The van der Waals surface area contributed by atoms with Gasteiger partial charge in [-0.15, -0.1) is 0 Å². The fourth-order valence-corrected chi connectivity index (χ4v) is 1.41. The molecule has 2 atom stereocenters. The monoisotopic (exact) mass is 291 g/mol. The molecule has 16 heavy (non-hydrogen) atoms. The van der Waals surface area contributed by atoms with E-state index in [0.717, 1.165) is 0 Å². The second kappa shape index (κ2) is 5.74. The van der Waals surface area contributed by atoms with E-state index in [4.69, 9.17) is 34.8 Å². The van der Waals surface area contributed by atoms with Crippen LogP contribution < -0.4 is 5.32 Å². The number of alkyl halides is 3. The number of halogens is 3. The summed E-state index contributed by atoms with van der Waals surface area (Å²) >= 11 is 16.2. The van der Waals surface area contributed by atoms with Crippen LogP contribution in [-0.2, 0) is 4.79 Å². The zero-order chi connectivity index (χ0) is 13.1. The Kier molecular flexibility index (Phi) is 5.83. The Labute approximate surface area is 110 Å². The van der Waals surface area contributed by atoms with Crippen LogP contribution in [0.4, 0.5) is 0 Å². The van der Waals surface area contributed by atoms with Gasteiger partial charge in [0.05, 0.1) is 18.2 Å². The zero-order valence-corrected chi connectivity index (χ0v) is 11.6. The fraction of sp³-hybridized carbons (Fsp3) is 0.889. The van der Waals surface area contributed by atoms with E-state index >= 15 is 0 Å². The third kappa shape index (κ3) is 4.26. The molecule has 0 unspecified atom stereocenters. The number of rotatable bonds is 4. The van der Waals surface area contributed by atoms with E-state index in [0.29, 0.717) is 0 Å². The first kappa shape index (κ1) is 16.3. The predicted molar refractivity (Wildman–Crippen MR) is 64.8 cm³/mol. The molecule has 0 spiro atoms. The molecule has 0 aromatic carbocycles. The summed E-state index contributed by atoms with van der Waals surface area (Å²) < 4.78 is -2.12. The van der Waals surface area contributed by atoms with Crippen molar-refractivity contribution in [3.63, 3.8) is 0 Å². The SMILES string of the molecule is CC(C)[C@H](O)[C@](C)(CO)NC(=O)C(Cl)(Cl)Cl. The lowest BCUT2D eigenvalue weighted by molar-refractivity contribution is -0.125. The van der Waals surface area contributed by atoms with Crippen LogP contribution in [0.1, 0.15) is 20.8 Å². The predicted octanol–water partition coefficient (Wildman–Crippen LogP) is 1.24. The number of aliphatic hydroxyl groups excluding tert-OH is 2. The molecule has 0 aliphatic heterocycles. The maximum Gasteiger partial charge on any atom is 0.272 e. The van der Waals surface area contributed by atoms with Gasteiger partial charge in [-0.3, -0.25) is 4.79 Å². The van der Waals surface area contributed by atoms with Crippen molar-refractivity contribution in [1.29, 1.82) is 0 Å². The van der Waals surface area contributed by atoms with Crippen molar-refractivity contribution in [2.45, 2.75) is 36.2 Å². The quantitative estimate of drug-likeness (QED) is 0.683. The van der Waals surface area contributed by atoms with E-state index in [1.165, 1.54) is 6.92 Å². The zero-order valence-electron chi connectivity index (χ0n) is 9.30. The molecule has 96 valence electrons. The van der Waals surface area contributed by atoms with Gasteiger partial charge in [-0.1, -0.05) is 48.7 Å². The van der Waals surface area contributed by atoms with E-state index in [-0.39, 0.29) is 5.92 Å². The van der Waals surface area contributed by atoms with Crippen LogP contribution >= 0.6 is 34.8 Å². The molecule has 3 N–H and O–H groups in total. The first-order valence-electron chi connectivity index (χ1n) is 4.73. The summed E-state index contributed by atoms with van der Waals surface area (Å²) in [6.45, 7) is 4.52. The van der Waals surface area contributed by atoms with Crippen LogP contribution in [0.25, 0.3) is 0 Å². The average molecular weight is 293 g/mol. The second-order valence-corrected chi connectivity index (χ2v) is 6.50. The van der Waals surface area contributed by atoms with Gasteiger partial charge in [-0.25, -0.2) is 0 Å². The molecule has 1 amide bonds. The van der Waals surface area contributed by atoms with Gasteiger partial charge in [-0.05, 0) is 12.8 Å². The van der Waals surface area contributed by atoms with Crippen LogP contribution in [0, 0.1) is 5.92 Å². The van der Waals surface area contributed by atoms with Crippen LogP contribution in [0.5, 0.6) is 0 Å². The number of carbonyl (C=O) groups excluding carboxylic acids is 1. The van der Waals surface area contributed by atoms with Gasteiger partial charge in [0.25, 0.3) is 9.70 Å². The second-order valence-electron chi connectivity index (χ2n) is 4.22. The number of hydrogen-bond donors (Lipinski definition) is 3. The highest BCUT2D eigenvalue weighted by molar-refractivity contribution is 6.76. The van der Waals surface area contributed by atoms with Gasteiger partial charge in [0.2, 0.25) is 0 Å². The molecule has 0 bridgehead atoms. The highest BCUT2D eigenvalue weighted by atomic mass is 35.6. The molecule has 0 saturated carbocycles. The van der Waals surface area contributed by atoms with Crippen molar-refractivity contribution in [2.75, 3.05) is 6.61 Å². The minimum atomic E-state index is -2.12. The Morgan fingerprint density at radius 2 is 1.81 bits per heavy atom. The van der Waals surface area contributed by atoms with Gasteiger partial charge in [0.15, 0.2) is 0 Å². The third-order valence-electron chi connectivity index (χ3n) is 2.27. The minimum Gasteiger partial charge on any atom is -0.394 e. The molecular formula is C9H16Cl3NO3. The van der Waals surface area contributed by atoms with E-state index in [2.05, 4.69) is 5.32 Å². The molecule has 0 aromatic rings. The molecule has 0 fully saturated rings. The fourth-order valence-electron chi connectivity index (χ4n) is 1.27. The summed E-state index contributed by atoms with van der Waals surface area (Å²) in [5.41, 5.74) is -1.24. The maximum atomic E-state index is 11.4. The lowest BCUT2D eigenvalue weighted by atomic mass is 9.88. The first-order valence-corrected chi connectivity index (χ1v) is 5.86. The topological polar surface area (TPSA) is 69.6 Å². The Morgan fingerprint density at radius 3 is 2.06 bits per heavy atom. The highest BCUT2D eigenvalue weighted by Crippen LogP contribution is 2.28. The van der Waals surface area contributed by atoms with Crippen LogP contribution in [0.2, 0.25) is 0 Å². The lowest BCUT2D eigenvalue weighted by Crippen LogP contribution is -2.60. The largest absolute Gasteiger partial charge is 0.394 e. The number of aliphatic hydroxyl groups is 2. The number of hydrogen-bond acceptors (Lipinski definition) is 3. The first-order chi connectivity index (χ1) is 7.04. The molecule has 7 heteroatoms. The Hall–Kier alpha value is 0.260. The lowest BCUT2D eigenvalue weighted by Gasteiger charge is -2.36. The highest BCUT2D eigenvalue weighted by Gasteiger charge is 2.41. The Bertz CT molecular complexity index is 255. The minimum absolute atomic E-state index is 0.159. The number of carbonyl (C=O) groups is 1. The molecule has 0 aliphatic carbocycles. The maximum absolute atomic E-state index is 11.4. The van der Waals surface area contributed by atoms with Crippen LogP contribution in [0.3, 0.4) is 0 Å². The van der Waals surface area contributed by atoms with Gasteiger partial charge in [0, 0.05) is 0 Å². The summed E-state index contributed by atoms with van der Waals surface area (Å²) in [6, 6.07) is 0. The Balaban J connectivity index is 4.80. The third-order valence-corrected chi connectivity index (χ3v) is 2.78. The van der Waals surface area contributed by atoms with Gasteiger partial charge in [-0.2, -0.15) is 0 Å². The van der Waals surface area contributed by atoms with Gasteiger partial charge < -0.3 is 15.5 Å². The van der Waals surface area contributed by atoms with E-state index < -0.39 is 27.9 Å². The molecular weight excluding hydrogens is 276 g/mol. The van der Waals surface area contributed by atoms with Crippen molar-refractivity contribution < 1.29 is 15.0 Å². The van der Waals surface area contributed by atoms with Crippen molar-refractivity contribution in [2.24, 2.45) is 5.92 Å². The number of nitrogens with one attached hydrogen (secondary N) is 1. The van der Waals surface area contributed by atoms with E-state index in [1.54, 1.807) is 13.8 Å². The van der Waals surface area contributed by atoms with Crippen molar-refractivity contribution >= 4 is 40.7 Å². The standard InChI is InChI=1S/C9H16Cl3NO3/c1-5(2)6(15)8(3,4-14)13-7(16)9(10,11)12/h5-6,14-15H,4H2,1-3H3,(H,13,16)/t6-,8-/m0/s1. The summed E-state index contributed by atoms with van der Waals surface area (Å²) in [5, 5.41) is 21.4. The molecule has 0 saturated heterocycles.